The summed E-state index contributed by atoms with van der Waals surface area (Å²) in [6.45, 7) is 9.19. The maximum Gasteiger partial charge on any atom is 0.410 e. The number of nitrogens with zero attached hydrogens (tertiary/aromatic N) is 3. The summed E-state index contributed by atoms with van der Waals surface area (Å²) in [4.78, 5) is 28.0. The van der Waals surface area contributed by atoms with Crippen LogP contribution in [-0.4, -0.2) is 53.6 Å². The number of amides is 2. The van der Waals surface area contributed by atoms with E-state index in [1.165, 1.54) is 6.20 Å². The number of benzene rings is 1. The Bertz CT molecular complexity index is 816. The van der Waals surface area contributed by atoms with Crippen LogP contribution in [0, 0.1) is 18.3 Å². The summed E-state index contributed by atoms with van der Waals surface area (Å²) >= 11 is 6.06. The van der Waals surface area contributed by atoms with Crippen LogP contribution >= 0.6 is 11.6 Å². The van der Waals surface area contributed by atoms with Gasteiger partial charge in [-0.05, 0) is 45.4 Å². The van der Waals surface area contributed by atoms with Gasteiger partial charge in [0.2, 0.25) is 0 Å². The highest BCUT2D eigenvalue weighted by molar-refractivity contribution is 6.31. The lowest BCUT2D eigenvalue weighted by Crippen LogP contribution is -2.48. The topological polar surface area (TPSA) is 85.7 Å². The molecule has 0 unspecified atom stereocenters. The van der Waals surface area contributed by atoms with Crippen molar-refractivity contribution in [2.45, 2.75) is 33.3 Å². The highest BCUT2D eigenvalue weighted by Crippen LogP contribution is 2.23. The summed E-state index contributed by atoms with van der Waals surface area (Å²) in [6.07, 6.45) is 1.17. The number of carbonyl (C=O) groups excluding carboxylic acids is 2. The molecular formula is C20H25ClN4O3. The molecule has 8 heteroatoms. The zero-order chi connectivity index (χ0) is 20.9. The number of nitrogens with one attached hydrogen (secondary N) is 1. The first kappa shape index (κ1) is 21.6. The third kappa shape index (κ3) is 5.89. The molecule has 1 aromatic carbocycles. The fourth-order valence-electron chi connectivity index (χ4n) is 2.61. The summed E-state index contributed by atoms with van der Waals surface area (Å²) in [5.74, 6) is -0.498. The Labute approximate surface area is 170 Å². The van der Waals surface area contributed by atoms with Crippen molar-refractivity contribution in [3.05, 3.63) is 40.6 Å². The average Bonchev–Trinajstić information content (AvgIpc) is 2.62. The van der Waals surface area contributed by atoms with E-state index in [0.717, 1.165) is 5.56 Å². The molecule has 0 radical (unpaired) electrons. The highest BCUT2D eigenvalue weighted by Gasteiger charge is 2.25. The van der Waals surface area contributed by atoms with Crippen molar-refractivity contribution >= 4 is 29.3 Å². The van der Waals surface area contributed by atoms with E-state index < -0.39 is 11.5 Å². The third-order valence-corrected chi connectivity index (χ3v) is 4.57. The van der Waals surface area contributed by atoms with Crippen LogP contribution in [0.25, 0.3) is 0 Å². The molecule has 0 saturated carbocycles. The molecule has 0 aliphatic carbocycles. The summed E-state index contributed by atoms with van der Waals surface area (Å²) in [7, 11) is 0. The smallest absolute Gasteiger partial charge is 0.410 e. The molecular weight excluding hydrogens is 380 g/mol. The number of hydrogen-bond acceptors (Lipinski definition) is 5. The van der Waals surface area contributed by atoms with E-state index in [1.807, 2.05) is 31.7 Å². The molecule has 28 heavy (non-hydrogen) atoms. The predicted octanol–water partition coefficient (Wildman–Crippen LogP) is 3.55. The fraction of sp³-hybridized carbons (Fsp3) is 0.450. The molecule has 1 N–H and O–H groups in total. The highest BCUT2D eigenvalue weighted by atomic mass is 35.5. The van der Waals surface area contributed by atoms with E-state index in [-0.39, 0.29) is 11.7 Å². The van der Waals surface area contributed by atoms with Crippen LogP contribution in [0.3, 0.4) is 0 Å². The Kier molecular flexibility index (Phi) is 6.92. The Morgan fingerprint density at radius 1 is 1.25 bits per heavy atom. The molecule has 0 aromatic heterocycles. The summed E-state index contributed by atoms with van der Waals surface area (Å²) in [6, 6.07) is 7.13. The maximum atomic E-state index is 12.5. The summed E-state index contributed by atoms with van der Waals surface area (Å²) < 4.78 is 5.37. The molecule has 2 amide bonds. The average molecular weight is 405 g/mol. The van der Waals surface area contributed by atoms with Gasteiger partial charge in [-0.2, -0.15) is 5.26 Å². The monoisotopic (exact) mass is 404 g/mol. The number of hydrogen-bond donors (Lipinski definition) is 1. The number of rotatable bonds is 3. The van der Waals surface area contributed by atoms with E-state index >= 15 is 0 Å². The molecule has 0 bridgehead atoms. The van der Waals surface area contributed by atoms with Gasteiger partial charge in [0.1, 0.15) is 17.2 Å². The zero-order valence-electron chi connectivity index (χ0n) is 16.6. The minimum Gasteiger partial charge on any atom is -0.444 e. The van der Waals surface area contributed by atoms with Crippen molar-refractivity contribution < 1.29 is 14.3 Å². The van der Waals surface area contributed by atoms with Crippen molar-refractivity contribution in [1.29, 1.82) is 5.26 Å². The van der Waals surface area contributed by atoms with E-state index in [0.29, 0.717) is 36.9 Å². The van der Waals surface area contributed by atoms with Gasteiger partial charge in [-0.15, -0.1) is 0 Å². The first-order valence-corrected chi connectivity index (χ1v) is 9.39. The number of halogens is 1. The Morgan fingerprint density at radius 2 is 1.89 bits per heavy atom. The Hall–Kier alpha value is -2.72. The normalized spacial score (nSPS) is 15.1. The first-order valence-electron chi connectivity index (χ1n) is 9.01. The van der Waals surface area contributed by atoms with Gasteiger partial charge >= 0.3 is 6.09 Å². The number of ether oxygens (including phenoxy) is 1. The molecule has 0 atom stereocenters. The lowest BCUT2D eigenvalue weighted by Gasteiger charge is -2.35. The molecule has 2 rings (SSSR count). The van der Waals surface area contributed by atoms with Crippen LogP contribution in [0.5, 0.6) is 0 Å². The van der Waals surface area contributed by atoms with Gasteiger partial charge in [0.25, 0.3) is 5.91 Å². The van der Waals surface area contributed by atoms with Crippen molar-refractivity contribution in [1.82, 2.24) is 9.80 Å². The molecule has 0 spiro atoms. The second-order valence-corrected chi connectivity index (χ2v) is 7.93. The van der Waals surface area contributed by atoms with Gasteiger partial charge in [0, 0.05) is 43.1 Å². The summed E-state index contributed by atoms with van der Waals surface area (Å²) in [5.41, 5.74) is 0.748. The van der Waals surface area contributed by atoms with Gasteiger partial charge in [0.15, 0.2) is 0 Å². The number of nitriles is 1. The van der Waals surface area contributed by atoms with E-state index in [2.05, 4.69) is 5.32 Å². The second-order valence-electron chi connectivity index (χ2n) is 7.52. The van der Waals surface area contributed by atoms with Crippen LogP contribution in [0.15, 0.2) is 30.0 Å². The fourth-order valence-corrected chi connectivity index (χ4v) is 2.79. The molecule has 1 heterocycles. The standard InChI is InChI=1S/C20H25ClN4O3/c1-14-16(21)6-5-7-17(14)23-18(26)15(12-22)13-24-8-10-25(11-9-24)19(27)28-20(2,3)4/h5-7,13H,8-11H2,1-4H3,(H,23,26)/b15-13-. The Morgan fingerprint density at radius 3 is 2.46 bits per heavy atom. The predicted molar refractivity (Wildman–Crippen MR) is 108 cm³/mol. The molecule has 7 nitrogen and oxygen atoms in total. The SMILES string of the molecule is Cc1c(Cl)cccc1NC(=O)/C(C#N)=C\N1CCN(C(=O)OC(C)(C)C)CC1. The van der Waals surface area contributed by atoms with Gasteiger partial charge < -0.3 is 19.9 Å². The maximum absolute atomic E-state index is 12.5. The van der Waals surface area contributed by atoms with Crippen LogP contribution in [-0.2, 0) is 9.53 Å². The lowest BCUT2D eigenvalue weighted by atomic mass is 10.2. The van der Waals surface area contributed by atoms with Gasteiger partial charge in [-0.25, -0.2) is 4.79 Å². The van der Waals surface area contributed by atoms with Crippen molar-refractivity contribution in [3.63, 3.8) is 0 Å². The van der Waals surface area contributed by atoms with Crippen LogP contribution in [0.2, 0.25) is 5.02 Å². The van der Waals surface area contributed by atoms with Crippen LogP contribution in [0.1, 0.15) is 26.3 Å². The van der Waals surface area contributed by atoms with Crippen LogP contribution in [0.4, 0.5) is 10.5 Å². The number of anilines is 1. The molecule has 1 fully saturated rings. The number of piperazine rings is 1. The van der Waals surface area contributed by atoms with E-state index in [4.69, 9.17) is 16.3 Å². The van der Waals surface area contributed by atoms with Crippen molar-refractivity contribution in [2.75, 3.05) is 31.5 Å². The lowest BCUT2D eigenvalue weighted by molar-refractivity contribution is -0.112. The van der Waals surface area contributed by atoms with Gasteiger partial charge in [-0.3, -0.25) is 4.79 Å². The van der Waals surface area contributed by atoms with E-state index in [9.17, 15) is 14.9 Å². The van der Waals surface area contributed by atoms with Gasteiger partial charge in [0.05, 0.1) is 0 Å². The minimum absolute atomic E-state index is 0.00917. The van der Waals surface area contributed by atoms with Crippen molar-refractivity contribution in [3.8, 4) is 6.07 Å². The zero-order valence-corrected chi connectivity index (χ0v) is 17.3. The molecule has 1 saturated heterocycles. The van der Waals surface area contributed by atoms with Gasteiger partial charge in [-0.1, -0.05) is 17.7 Å². The van der Waals surface area contributed by atoms with Crippen LogP contribution < -0.4 is 5.32 Å². The molecule has 1 aliphatic rings. The first-order chi connectivity index (χ1) is 13.1. The minimum atomic E-state index is -0.543. The molecule has 1 aromatic rings. The Balaban J connectivity index is 1.98. The molecule has 150 valence electrons. The third-order valence-electron chi connectivity index (χ3n) is 4.16. The quantitative estimate of drug-likeness (QED) is 0.615. The molecule has 1 aliphatic heterocycles. The summed E-state index contributed by atoms with van der Waals surface area (Å²) in [5, 5.41) is 12.6. The van der Waals surface area contributed by atoms with Crippen molar-refractivity contribution in [2.24, 2.45) is 0 Å². The number of carbonyl (C=O) groups is 2. The van der Waals surface area contributed by atoms with E-state index in [1.54, 1.807) is 30.0 Å². The largest absolute Gasteiger partial charge is 0.444 e. The second kappa shape index (κ2) is 8.98.